The smallest absolute Gasteiger partial charge is 0.0624 e. The highest BCUT2D eigenvalue weighted by Gasteiger charge is 2.20. The third-order valence-electron chi connectivity index (χ3n) is 3.49. The van der Waals surface area contributed by atoms with Crippen LogP contribution in [0, 0.1) is 5.92 Å². The van der Waals surface area contributed by atoms with Crippen LogP contribution in [0.5, 0.6) is 0 Å². The summed E-state index contributed by atoms with van der Waals surface area (Å²) in [6.07, 6.45) is 3.87. The normalized spacial score (nSPS) is 24.8. The third kappa shape index (κ3) is 4.14. The second-order valence-corrected chi connectivity index (χ2v) is 4.97. The van der Waals surface area contributed by atoms with Crippen LogP contribution in [0.1, 0.15) is 25.3 Å². The molecule has 2 heteroatoms. The Morgan fingerprint density at radius 2 is 2.12 bits per heavy atom. The van der Waals surface area contributed by atoms with Gasteiger partial charge in [0.2, 0.25) is 0 Å². The predicted octanol–water partition coefficient (Wildman–Crippen LogP) is 2.63. The van der Waals surface area contributed by atoms with Gasteiger partial charge in [-0.3, -0.25) is 0 Å². The van der Waals surface area contributed by atoms with Gasteiger partial charge in [-0.25, -0.2) is 0 Å². The maximum absolute atomic E-state index is 5.98. The lowest BCUT2D eigenvalue weighted by atomic mass is 9.98. The van der Waals surface area contributed by atoms with Crippen molar-refractivity contribution in [1.29, 1.82) is 0 Å². The van der Waals surface area contributed by atoms with Crippen molar-refractivity contribution >= 4 is 0 Å². The zero-order valence-electron chi connectivity index (χ0n) is 10.7. The molecule has 1 aromatic rings. The zero-order chi connectivity index (χ0) is 11.9. The van der Waals surface area contributed by atoms with E-state index in [1.165, 1.54) is 5.56 Å². The van der Waals surface area contributed by atoms with Crippen molar-refractivity contribution < 1.29 is 4.74 Å². The van der Waals surface area contributed by atoms with Gasteiger partial charge in [0.15, 0.2) is 0 Å². The topological polar surface area (TPSA) is 21.3 Å². The third-order valence-corrected chi connectivity index (χ3v) is 3.49. The molecule has 2 nitrogen and oxygen atoms in total. The van der Waals surface area contributed by atoms with Crippen molar-refractivity contribution in [3.05, 3.63) is 35.9 Å². The van der Waals surface area contributed by atoms with Crippen molar-refractivity contribution in [2.24, 2.45) is 5.92 Å². The fourth-order valence-electron chi connectivity index (χ4n) is 2.39. The fraction of sp³-hybridized carbons (Fsp3) is 0.600. The summed E-state index contributed by atoms with van der Waals surface area (Å²) in [5, 5.41) is 3.40. The van der Waals surface area contributed by atoms with Crippen LogP contribution in [0.15, 0.2) is 30.3 Å². The van der Waals surface area contributed by atoms with Gasteiger partial charge in [-0.2, -0.15) is 0 Å². The van der Waals surface area contributed by atoms with E-state index < -0.39 is 0 Å². The Morgan fingerprint density at radius 3 is 2.88 bits per heavy atom. The molecule has 1 heterocycles. The van der Waals surface area contributed by atoms with E-state index in [1.807, 2.05) is 0 Å². The Labute approximate surface area is 104 Å². The summed E-state index contributed by atoms with van der Waals surface area (Å²) < 4.78 is 5.98. The van der Waals surface area contributed by atoms with Gasteiger partial charge in [0.05, 0.1) is 6.10 Å². The maximum Gasteiger partial charge on any atom is 0.0624 e. The van der Waals surface area contributed by atoms with Crippen molar-refractivity contribution in [2.75, 3.05) is 19.7 Å². The van der Waals surface area contributed by atoms with Gasteiger partial charge in [-0.15, -0.1) is 0 Å². The Balaban J connectivity index is 1.63. The first-order valence-corrected chi connectivity index (χ1v) is 6.72. The summed E-state index contributed by atoms with van der Waals surface area (Å²) in [5.41, 5.74) is 1.41. The minimum absolute atomic E-state index is 0.465. The van der Waals surface area contributed by atoms with Crippen LogP contribution in [0.3, 0.4) is 0 Å². The van der Waals surface area contributed by atoms with Crippen molar-refractivity contribution in [3.63, 3.8) is 0 Å². The van der Waals surface area contributed by atoms with Gasteiger partial charge in [-0.05, 0) is 37.3 Å². The standard InChI is InChI=1S/C15H23NO/c1-13-12-16-10-9-15(13)17-11-5-8-14-6-3-2-4-7-14/h2-4,6-7,13,15-16H,5,8-12H2,1H3. The molecule has 2 unspecified atom stereocenters. The van der Waals surface area contributed by atoms with Crippen molar-refractivity contribution in [1.82, 2.24) is 5.32 Å². The number of hydrogen-bond donors (Lipinski definition) is 1. The number of benzene rings is 1. The Morgan fingerprint density at radius 1 is 1.29 bits per heavy atom. The molecule has 0 amide bonds. The number of ether oxygens (including phenoxy) is 1. The predicted molar refractivity (Wildman–Crippen MR) is 71.2 cm³/mol. The van der Waals surface area contributed by atoms with Crippen LogP contribution < -0.4 is 5.32 Å². The first-order chi connectivity index (χ1) is 8.36. The van der Waals surface area contributed by atoms with Gasteiger partial charge in [-0.1, -0.05) is 37.3 Å². The van der Waals surface area contributed by atoms with Gasteiger partial charge in [0.1, 0.15) is 0 Å². The van der Waals surface area contributed by atoms with Crippen LogP contribution in [0.4, 0.5) is 0 Å². The minimum atomic E-state index is 0.465. The van der Waals surface area contributed by atoms with E-state index in [2.05, 4.69) is 42.6 Å². The highest BCUT2D eigenvalue weighted by molar-refractivity contribution is 5.14. The molecule has 17 heavy (non-hydrogen) atoms. The SMILES string of the molecule is CC1CNCCC1OCCCc1ccccc1. The van der Waals surface area contributed by atoms with E-state index in [0.717, 1.165) is 39.0 Å². The Hall–Kier alpha value is -0.860. The van der Waals surface area contributed by atoms with Crippen molar-refractivity contribution in [2.45, 2.75) is 32.3 Å². The highest BCUT2D eigenvalue weighted by Crippen LogP contribution is 2.15. The molecule has 2 rings (SSSR count). The van der Waals surface area contributed by atoms with Gasteiger partial charge >= 0.3 is 0 Å². The molecule has 94 valence electrons. The molecular formula is C15H23NO. The molecule has 0 aromatic heterocycles. The second-order valence-electron chi connectivity index (χ2n) is 4.97. The Kier molecular flexibility index (Phi) is 5.02. The molecule has 1 N–H and O–H groups in total. The number of nitrogens with one attached hydrogen (secondary N) is 1. The molecule has 0 saturated carbocycles. The monoisotopic (exact) mass is 233 g/mol. The van der Waals surface area contributed by atoms with Crippen LogP contribution >= 0.6 is 0 Å². The molecule has 1 aliphatic heterocycles. The number of hydrogen-bond acceptors (Lipinski definition) is 2. The Bertz CT molecular complexity index is 312. The maximum atomic E-state index is 5.98. The number of aryl methyl sites for hydroxylation is 1. The molecule has 1 saturated heterocycles. The van der Waals surface area contributed by atoms with Crippen LogP contribution in [-0.2, 0) is 11.2 Å². The fourth-order valence-corrected chi connectivity index (χ4v) is 2.39. The molecule has 1 aliphatic rings. The molecule has 2 atom stereocenters. The minimum Gasteiger partial charge on any atom is -0.378 e. The van der Waals surface area contributed by atoms with Crippen LogP contribution in [0.25, 0.3) is 0 Å². The zero-order valence-corrected chi connectivity index (χ0v) is 10.7. The molecule has 0 spiro atoms. The van der Waals surface area contributed by atoms with Crippen molar-refractivity contribution in [3.8, 4) is 0 Å². The average Bonchev–Trinajstić information content (AvgIpc) is 2.38. The first-order valence-electron chi connectivity index (χ1n) is 6.72. The number of piperidine rings is 1. The summed E-state index contributed by atoms with van der Waals surface area (Å²) >= 11 is 0. The molecule has 1 aromatic carbocycles. The van der Waals surface area contributed by atoms with Crippen LogP contribution in [-0.4, -0.2) is 25.8 Å². The van der Waals surface area contributed by atoms with E-state index in [4.69, 9.17) is 4.74 Å². The van der Waals surface area contributed by atoms with Crippen LogP contribution in [0.2, 0.25) is 0 Å². The lowest BCUT2D eigenvalue weighted by Crippen LogP contribution is -2.39. The van der Waals surface area contributed by atoms with E-state index >= 15 is 0 Å². The van der Waals surface area contributed by atoms with Gasteiger partial charge in [0, 0.05) is 13.2 Å². The van der Waals surface area contributed by atoms with E-state index in [0.29, 0.717) is 12.0 Å². The number of rotatable bonds is 5. The molecule has 0 radical (unpaired) electrons. The summed E-state index contributed by atoms with van der Waals surface area (Å²) in [7, 11) is 0. The van der Waals surface area contributed by atoms with E-state index in [9.17, 15) is 0 Å². The molecular weight excluding hydrogens is 210 g/mol. The average molecular weight is 233 g/mol. The van der Waals surface area contributed by atoms with Gasteiger partial charge in [0.25, 0.3) is 0 Å². The summed E-state index contributed by atoms with van der Waals surface area (Å²) in [4.78, 5) is 0. The quantitative estimate of drug-likeness (QED) is 0.789. The first kappa shape index (κ1) is 12.6. The summed E-state index contributed by atoms with van der Waals surface area (Å²) in [5.74, 6) is 0.653. The lowest BCUT2D eigenvalue weighted by molar-refractivity contribution is 0.0000323. The molecule has 0 bridgehead atoms. The molecule has 1 fully saturated rings. The lowest BCUT2D eigenvalue weighted by Gasteiger charge is -2.29. The summed E-state index contributed by atoms with van der Waals surface area (Å²) in [6.45, 7) is 5.37. The second kappa shape index (κ2) is 6.77. The summed E-state index contributed by atoms with van der Waals surface area (Å²) in [6, 6.07) is 10.6. The molecule has 0 aliphatic carbocycles. The van der Waals surface area contributed by atoms with E-state index in [1.54, 1.807) is 0 Å². The van der Waals surface area contributed by atoms with Gasteiger partial charge < -0.3 is 10.1 Å². The largest absolute Gasteiger partial charge is 0.378 e. The van der Waals surface area contributed by atoms with E-state index in [-0.39, 0.29) is 0 Å². The highest BCUT2D eigenvalue weighted by atomic mass is 16.5.